The maximum Gasteiger partial charge on any atom is 0.253 e. The summed E-state index contributed by atoms with van der Waals surface area (Å²) < 4.78 is 6.55. The Balaban J connectivity index is 0.00000281. The lowest BCUT2D eigenvalue weighted by Crippen LogP contribution is -2.42. The van der Waals surface area contributed by atoms with Crippen LogP contribution in [0.15, 0.2) is 70.9 Å². The van der Waals surface area contributed by atoms with Gasteiger partial charge in [-0.3, -0.25) is 4.79 Å². The molecule has 0 unspecified atom stereocenters. The van der Waals surface area contributed by atoms with Crippen molar-refractivity contribution in [3.63, 3.8) is 0 Å². The van der Waals surface area contributed by atoms with Gasteiger partial charge in [0.05, 0.1) is 12.2 Å². The van der Waals surface area contributed by atoms with Crippen LogP contribution in [0.25, 0.3) is 0 Å². The molecule has 1 spiro atoms. The van der Waals surface area contributed by atoms with E-state index in [1.54, 1.807) is 0 Å². The van der Waals surface area contributed by atoms with Gasteiger partial charge in [0.15, 0.2) is 0 Å². The van der Waals surface area contributed by atoms with Crippen molar-refractivity contribution in [1.82, 2.24) is 10.2 Å². The Morgan fingerprint density at radius 1 is 1.12 bits per heavy atom. The molecule has 0 aliphatic carbocycles. The minimum Gasteiger partial charge on any atom is -0.366 e. The second kappa shape index (κ2) is 16.5. The van der Waals surface area contributed by atoms with Gasteiger partial charge in [0, 0.05) is 18.7 Å². The van der Waals surface area contributed by atoms with Gasteiger partial charge in [-0.05, 0) is 95.3 Å². The lowest BCUT2D eigenvalue weighted by atomic mass is 9.87. The Labute approximate surface area is 209 Å². The van der Waals surface area contributed by atoms with E-state index in [4.69, 9.17) is 4.74 Å². The van der Waals surface area contributed by atoms with Gasteiger partial charge in [-0.25, -0.2) is 0 Å². The fourth-order valence-electron chi connectivity index (χ4n) is 4.25. The van der Waals surface area contributed by atoms with Crippen LogP contribution in [0.1, 0.15) is 74.1 Å². The van der Waals surface area contributed by atoms with Gasteiger partial charge in [-0.15, -0.1) is 0 Å². The molecule has 1 fully saturated rings. The molecule has 1 saturated heterocycles. The van der Waals surface area contributed by atoms with Crippen LogP contribution in [-0.4, -0.2) is 49.2 Å². The Kier molecular flexibility index (Phi) is 14.5. The van der Waals surface area contributed by atoms with Gasteiger partial charge in [0.2, 0.25) is 0 Å². The number of allylic oxidation sites excluding steroid dienone is 8. The van der Waals surface area contributed by atoms with E-state index >= 15 is 0 Å². The number of carbonyl (C=O) groups excluding carboxylic acids is 1. The normalized spacial score (nSPS) is 20.3. The number of piperidine rings is 1. The highest BCUT2D eigenvalue weighted by atomic mass is 16.5. The standard InChI is InChI=1S/C28H42N2O2.C2H6/c1-6-10-11-12-14-23(5)26-20-24(22-32-28(21-26)15-17-29-18-16-28)19-25(13-7-2)27(31)30(8-3)9-4;1-2/h6,10-14,19,21,29H,7-9,15-18,20,22H2,1-5H3;1-2H3/b10-6-,12-11-,23-14+,24-19-,25-13+;. The molecular formula is C30H48N2O2. The largest absolute Gasteiger partial charge is 0.366 e. The van der Waals surface area contributed by atoms with E-state index < -0.39 is 0 Å². The molecule has 0 bridgehead atoms. The summed E-state index contributed by atoms with van der Waals surface area (Å²) in [6.45, 7) is 18.3. The van der Waals surface area contributed by atoms with Crippen molar-refractivity contribution in [2.24, 2.45) is 0 Å². The van der Waals surface area contributed by atoms with Crippen molar-refractivity contribution in [2.75, 3.05) is 32.8 Å². The molecule has 2 aliphatic rings. The predicted molar refractivity (Wildman–Crippen MR) is 147 cm³/mol. The van der Waals surface area contributed by atoms with Crippen molar-refractivity contribution in [3.8, 4) is 0 Å². The molecule has 0 aromatic heterocycles. The van der Waals surface area contributed by atoms with Crippen molar-refractivity contribution < 1.29 is 9.53 Å². The predicted octanol–water partition coefficient (Wildman–Crippen LogP) is 6.69. The topological polar surface area (TPSA) is 41.6 Å². The highest BCUT2D eigenvalue weighted by Crippen LogP contribution is 2.35. The van der Waals surface area contributed by atoms with Gasteiger partial charge in [0.1, 0.15) is 0 Å². The van der Waals surface area contributed by atoms with Crippen LogP contribution in [0.4, 0.5) is 0 Å². The van der Waals surface area contributed by atoms with Crippen LogP contribution in [0, 0.1) is 0 Å². The van der Waals surface area contributed by atoms with E-state index in [2.05, 4.69) is 49.5 Å². The Morgan fingerprint density at radius 2 is 1.79 bits per heavy atom. The van der Waals surface area contributed by atoms with Gasteiger partial charge >= 0.3 is 0 Å². The summed E-state index contributed by atoms with van der Waals surface area (Å²) >= 11 is 0. The maximum atomic E-state index is 13.1. The number of hydrogen-bond donors (Lipinski definition) is 1. The van der Waals surface area contributed by atoms with Crippen molar-refractivity contribution in [2.45, 2.75) is 79.8 Å². The summed E-state index contributed by atoms with van der Waals surface area (Å²) in [4.78, 5) is 15.0. The summed E-state index contributed by atoms with van der Waals surface area (Å²) in [5, 5.41) is 3.45. The minimum atomic E-state index is -0.226. The number of ether oxygens (including phenoxy) is 1. The van der Waals surface area contributed by atoms with Crippen molar-refractivity contribution in [1.29, 1.82) is 0 Å². The number of likely N-dealkylation sites (N-methyl/N-ethyl adjacent to an activating group) is 1. The van der Waals surface area contributed by atoms with E-state index in [0.29, 0.717) is 6.61 Å². The first-order valence-electron chi connectivity index (χ1n) is 13.2. The molecule has 4 nitrogen and oxygen atoms in total. The lowest BCUT2D eigenvalue weighted by Gasteiger charge is -2.34. The average Bonchev–Trinajstić information content (AvgIpc) is 3.03. The van der Waals surface area contributed by atoms with Crippen molar-refractivity contribution >= 4 is 5.91 Å². The minimum absolute atomic E-state index is 0.109. The molecule has 0 saturated carbocycles. The molecule has 2 aliphatic heterocycles. The van der Waals surface area contributed by atoms with Gasteiger partial charge in [-0.1, -0.05) is 57.2 Å². The number of nitrogens with one attached hydrogen (secondary N) is 1. The van der Waals surface area contributed by atoms with Crippen molar-refractivity contribution in [3.05, 3.63) is 70.9 Å². The molecule has 34 heavy (non-hydrogen) atoms. The number of hydrogen-bond acceptors (Lipinski definition) is 3. The molecule has 0 radical (unpaired) electrons. The SMILES string of the molecule is CC.C\C=C/C=C\C=C(/C)C1=CC2(CCNCC2)OC/C(=C\C(=C/CC)C(=O)N(CC)CC)C1. The quantitative estimate of drug-likeness (QED) is 0.319. The third-order valence-electron chi connectivity index (χ3n) is 6.20. The van der Waals surface area contributed by atoms with E-state index in [9.17, 15) is 4.79 Å². The first-order valence-corrected chi connectivity index (χ1v) is 13.2. The third-order valence-corrected chi connectivity index (χ3v) is 6.20. The molecule has 0 atom stereocenters. The average molecular weight is 469 g/mol. The first-order chi connectivity index (χ1) is 16.5. The monoisotopic (exact) mass is 468 g/mol. The molecule has 0 aromatic rings. The molecule has 2 heterocycles. The van der Waals surface area contributed by atoms with Crippen LogP contribution in [0.5, 0.6) is 0 Å². The zero-order chi connectivity index (χ0) is 25.4. The van der Waals surface area contributed by atoms with Gasteiger partial charge in [0.25, 0.3) is 5.91 Å². The Morgan fingerprint density at radius 3 is 2.38 bits per heavy atom. The summed E-state index contributed by atoms with van der Waals surface area (Å²) in [6, 6.07) is 0. The highest BCUT2D eigenvalue weighted by Gasteiger charge is 2.33. The second-order valence-electron chi connectivity index (χ2n) is 8.56. The van der Waals surface area contributed by atoms with Crippen LogP contribution in [0.3, 0.4) is 0 Å². The zero-order valence-corrected chi connectivity index (χ0v) is 22.7. The Hall–Kier alpha value is -2.17. The number of amides is 1. The van der Waals surface area contributed by atoms with E-state index in [-0.39, 0.29) is 11.5 Å². The van der Waals surface area contributed by atoms with Crippen LogP contribution >= 0.6 is 0 Å². The number of nitrogens with zero attached hydrogens (tertiary/aromatic N) is 1. The summed E-state index contributed by atoms with van der Waals surface area (Å²) in [6.07, 6.45) is 20.5. The van der Waals surface area contributed by atoms with E-state index in [0.717, 1.165) is 63.0 Å². The zero-order valence-electron chi connectivity index (χ0n) is 22.7. The second-order valence-corrected chi connectivity index (χ2v) is 8.56. The summed E-state index contributed by atoms with van der Waals surface area (Å²) in [5.41, 5.74) is 4.26. The summed E-state index contributed by atoms with van der Waals surface area (Å²) in [7, 11) is 0. The number of rotatable bonds is 8. The molecule has 2 rings (SSSR count). The smallest absolute Gasteiger partial charge is 0.253 e. The summed E-state index contributed by atoms with van der Waals surface area (Å²) in [5.74, 6) is 0.109. The maximum absolute atomic E-state index is 13.1. The lowest BCUT2D eigenvalue weighted by molar-refractivity contribution is -0.126. The molecule has 190 valence electrons. The number of carbonyl (C=O) groups is 1. The molecular weight excluding hydrogens is 420 g/mol. The van der Waals surface area contributed by atoms with Gasteiger partial charge < -0.3 is 15.0 Å². The third kappa shape index (κ3) is 9.23. The Bertz CT molecular complexity index is 802. The fourth-order valence-corrected chi connectivity index (χ4v) is 4.25. The van der Waals surface area contributed by atoms with E-state index in [1.807, 2.05) is 57.7 Å². The first kappa shape index (κ1) is 29.9. The molecule has 1 N–H and O–H groups in total. The molecule has 0 aromatic carbocycles. The molecule has 1 amide bonds. The van der Waals surface area contributed by atoms with Crippen LogP contribution < -0.4 is 5.32 Å². The van der Waals surface area contributed by atoms with E-state index in [1.165, 1.54) is 11.1 Å². The highest BCUT2D eigenvalue weighted by molar-refractivity contribution is 5.96. The fraction of sp³-hybridized carbons (Fsp3) is 0.567. The molecule has 4 heteroatoms. The van der Waals surface area contributed by atoms with Gasteiger partial charge in [-0.2, -0.15) is 0 Å². The van der Waals surface area contributed by atoms with Crippen LogP contribution in [0.2, 0.25) is 0 Å². The van der Waals surface area contributed by atoms with Crippen LogP contribution in [-0.2, 0) is 9.53 Å².